The van der Waals surface area contributed by atoms with Gasteiger partial charge in [-0.2, -0.15) is 0 Å². The third-order valence-electron chi connectivity index (χ3n) is 8.40. The van der Waals surface area contributed by atoms with Crippen LogP contribution < -0.4 is 0 Å². The fourth-order valence-electron chi connectivity index (χ4n) is 5.27. The van der Waals surface area contributed by atoms with Gasteiger partial charge < -0.3 is 19.3 Å². The Bertz CT molecular complexity index is 1140. The van der Waals surface area contributed by atoms with Crippen molar-refractivity contribution in [1.82, 2.24) is 0 Å². The fourth-order valence-corrected chi connectivity index (χ4v) is 5.63. The van der Waals surface area contributed by atoms with Gasteiger partial charge in [-0.3, -0.25) is 14.1 Å². The van der Waals surface area contributed by atoms with Crippen LogP contribution in [0.2, 0.25) is 0 Å². The fraction of sp³-hybridized carbons (Fsp3) is 0.644. The summed E-state index contributed by atoms with van der Waals surface area (Å²) in [6.07, 6.45) is 53.1. The molecule has 8 nitrogen and oxygen atoms in total. The van der Waals surface area contributed by atoms with Gasteiger partial charge in [0.15, 0.2) is 6.10 Å². The van der Waals surface area contributed by atoms with E-state index in [2.05, 4.69) is 91.3 Å². The van der Waals surface area contributed by atoms with Crippen LogP contribution in [-0.2, 0) is 28.2 Å². The highest BCUT2D eigenvalue weighted by Gasteiger charge is 2.22. The lowest BCUT2D eigenvalue weighted by Gasteiger charge is -2.18. The third-order valence-corrected chi connectivity index (χ3v) is 8.89. The minimum Gasteiger partial charge on any atom is -0.462 e. The maximum Gasteiger partial charge on any atom is 0.469 e. The Kier molecular flexibility index (Phi) is 37.9. The van der Waals surface area contributed by atoms with E-state index in [0.29, 0.717) is 12.8 Å². The Balaban J connectivity index is 4.08. The Morgan fingerprint density at radius 1 is 0.481 bits per heavy atom. The SMILES string of the molecule is CCCCC/C=C/C/C=C/C/C=C/C/C=C/C/C=C/CCC(=O)OC[C@H](COP(=O)(O)O)OC(=O)CCCCCCCCC/C=C/C/C=C/CCCCC. The van der Waals surface area contributed by atoms with Crippen molar-refractivity contribution < 1.29 is 37.9 Å². The van der Waals surface area contributed by atoms with Gasteiger partial charge in [-0.1, -0.05) is 157 Å². The Hall–Kier alpha value is -2.77. The van der Waals surface area contributed by atoms with Crippen LogP contribution >= 0.6 is 7.82 Å². The van der Waals surface area contributed by atoms with Crippen LogP contribution in [0, 0.1) is 0 Å². The van der Waals surface area contributed by atoms with E-state index in [4.69, 9.17) is 19.3 Å². The maximum absolute atomic E-state index is 12.4. The zero-order valence-electron chi connectivity index (χ0n) is 33.8. The molecule has 0 heterocycles. The number of phosphoric acid groups is 1. The Labute approximate surface area is 329 Å². The molecule has 0 radical (unpaired) electrons. The average Bonchev–Trinajstić information content (AvgIpc) is 3.14. The van der Waals surface area contributed by atoms with E-state index in [0.717, 1.165) is 57.8 Å². The van der Waals surface area contributed by atoms with E-state index in [-0.39, 0.29) is 19.4 Å². The van der Waals surface area contributed by atoms with Gasteiger partial charge in [0.2, 0.25) is 0 Å². The van der Waals surface area contributed by atoms with E-state index in [1.54, 1.807) is 0 Å². The summed E-state index contributed by atoms with van der Waals surface area (Å²) in [6, 6.07) is 0. The van der Waals surface area contributed by atoms with Crippen LogP contribution in [0.3, 0.4) is 0 Å². The molecule has 0 aliphatic heterocycles. The summed E-state index contributed by atoms with van der Waals surface area (Å²) in [4.78, 5) is 42.8. The van der Waals surface area contributed by atoms with Crippen molar-refractivity contribution in [3.63, 3.8) is 0 Å². The monoisotopic (exact) mass is 775 g/mol. The van der Waals surface area contributed by atoms with Crippen molar-refractivity contribution in [3.8, 4) is 0 Å². The van der Waals surface area contributed by atoms with Crippen LogP contribution in [0.15, 0.2) is 85.1 Å². The number of hydrogen-bond acceptors (Lipinski definition) is 6. The summed E-state index contributed by atoms with van der Waals surface area (Å²) >= 11 is 0. The van der Waals surface area contributed by atoms with Crippen molar-refractivity contribution in [2.45, 2.75) is 174 Å². The molecule has 308 valence electrons. The normalized spacial score (nSPS) is 13.3. The average molecular weight is 775 g/mol. The second kappa shape index (κ2) is 39.9. The van der Waals surface area contributed by atoms with E-state index >= 15 is 0 Å². The lowest BCUT2D eigenvalue weighted by atomic mass is 10.1. The standard InChI is InChI=1S/C45H75O8P/c1-3-5-7-9-11-13-15-17-19-21-22-24-25-27-29-31-33-35-37-39-44(46)51-41-43(42-52-54(48,49)50)53-45(47)40-38-36-34-32-30-28-26-23-20-18-16-14-12-10-8-6-4-2/h11-14,17-20,22,24,27,29,33,35,43H,3-10,15-16,21,23,25-26,28,30-32,34,36-42H2,1-2H3,(H2,48,49,50)/b13-11+,14-12+,19-17+,20-18+,24-22+,29-27+,35-33+/t43-/m1/s1. The largest absolute Gasteiger partial charge is 0.469 e. The first-order valence-electron chi connectivity index (χ1n) is 20.9. The first kappa shape index (κ1) is 51.2. The number of phosphoric ester groups is 1. The molecule has 0 aromatic carbocycles. The molecule has 0 rings (SSSR count). The van der Waals surface area contributed by atoms with E-state index in [1.165, 1.54) is 70.6 Å². The Morgan fingerprint density at radius 3 is 1.31 bits per heavy atom. The zero-order chi connectivity index (χ0) is 39.6. The highest BCUT2D eigenvalue weighted by Crippen LogP contribution is 2.36. The Morgan fingerprint density at radius 2 is 0.870 bits per heavy atom. The van der Waals surface area contributed by atoms with Crippen LogP contribution in [0.5, 0.6) is 0 Å². The van der Waals surface area contributed by atoms with Gasteiger partial charge in [0.1, 0.15) is 6.61 Å². The lowest BCUT2D eigenvalue weighted by molar-refractivity contribution is -0.161. The summed E-state index contributed by atoms with van der Waals surface area (Å²) in [7, 11) is -4.78. The van der Waals surface area contributed by atoms with E-state index in [9.17, 15) is 14.2 Å². The molecule has 0 bridgehead atoms. The number of carbonyl (C=O) groups is 2. The topological polar surface area (TPSA) is 119 Å². The van der Waals surface area contributed by atoms with Gasteiger partial charge in [-0.15, -0.1) is 0 Å². The summed E-state index contributed by atoms with van der Waals surface area (Å²) in [5, 5.41) is 0. The molecule has 0 aromatic rings. The van der Waals surface area contributed by atoms with Crippen molar-refractivity contribution in [2.24, 2.45) is 0 Å². The van der Waals surface area contributed by atoms with Crippen molar-refractivity contribution >= 4 is 19.8 Å². The van der Waals surface area contributed by atoms with Crippen LogP contribution in [-0.4, -0.2) is 41.0 Å². The summed E-state index contributed by atoms with van der Waals surface area (Å²) in [5.41, 5.74) is 0. The first-order chi connectivity index (χ1) is 26.3. The molecule has 0 spiro atoms. The maximum atomic E-state index is 12.4. The molecule has 2 N–H and O–H groups in total. The number of ether oxygens (including phenoxy) is 2. The minimum atomic E-state index is -4.78. The number of allylic oxidation sites excluding steroid dienone is 14. The number of unbranched alkanes of at least 4 members (excludes halogenated alkanes) is 13. The molecule has 0 amide bonds. The van der Waals surface area contributed by atoms with E-state index < -0.39 is 32.5 Å². The first-order valence-corrected chi connectivity index (χ1v) is 22.4. The molecule has 0 unspecified atom stereocenters. The van der Waals surface area contributed by atoms with Gasteiger partial charge in [-0.05, 0) is 83.5 Å². The van der Waals surface area contributed by atoms with Crippen LogP contribution in [0.4, 0.5) is 0 Å². The second-order valence-electron chi connectivity index (χ2n) is 13.6. The highest BCUT2D eigenvalue weighted by atomic mass is 31.2. The van der Waals surface area contributed by atoms with Crippen molar-refractivity contribution in [1.29, 1.82) is 0 Å². The molecular formula is C45H75O8P. The zero-order valence-corrected chi connectivity index (χ0v) is 34.7. The molecule has 0 saturated carbocycles. The van der Waals surface area contributed by atoms with Crippen LogP contribution in [0.1, 0.15) is 168 Å². The van der Waals surface area contributed by atoms with Gasteiger partial charge in [-0.25, -0.2) is 4.57 Å². The summed E-state index contributed by atoms with van der Waals surface area (Å²) in [6.45, 7) is 3.55. The molecule has 1 atom stereocenters. The minimum absolute atomic E-state index is 0.138. The molecule has 54 heavy (non-hydrogen) atoms. The number of esters is 2. The van der Waals surface area contributed by atoms with Crippen molar-refractivity contribution in [2.75, 3.05) is 13.2 Å². The van der Waals surface area contributed by atoms with Gasteiger partial charge in [0.05, 0.1) is 6.61 Å². The number of carbonyl (C=O) groups excluding carboxylic acids is 2. The number of rotatable bonds is 37. The molecule has 0 aliphatic rings. The van der Waals surface area contributed by atoms with Gasteiger partial charge in [0.25, 0.3) is 0 Å². The molecular weight excluding hydrogens is 699 g/mol. The molecule has 0 fully saturated rings. The summed E-state index contributed by atoms with van der Waals surface area (Å²) in [5.74, 6) is -0.997. The van der Waals surface area contributed by atoms with Gasteiger partial charge in [0, 0.05) is 12.8 Å². The smallest absolute Gasteiger partial charge is 0.462 e. The molecule has 0 aromatic heterocycles. The molecule has 0 saturated heterocycles. The molecule has 0 aliphatic carbocycles. The van der Waals surface area contributed by atoms with E-state index in [1.807, 2.05) is 12.2 Å². The third kappa shape index (κ3) is 42.0. The van der Waals surface area contributed by atoms with Crippen molar-refractivity contribution in [3.05, 3.63) is 85.1 Å². The second-order valence-corrected chi connectivity index (χ2v) is 14.8. The quantitative estimate of drug-likeness (QED) is 0.0277. The predicted molar refractivity (Wildman–Crippen MR) is 225 cm³/mol. The predicted octanol–water partition coefficient (Wildman–Crippen LogP) is 12.8. The highest BCUT2D eigenvalue weighted by molar-refractivity contribution is 7.46. The number of hydrogen-bond donors (Lipinski definition) is 2. The van der Waals surface area contributed by atoms with Gasteiger partial charge >= 0.3 is 19.8 Å². The van der Waals surface area contributed by atoms with Crippen LogP contribution in [0.25, 0.3) is 0 Å². The molecule has 9 heteroatoms. The summed E-state index contributed by atoms with van der Waals surface area (Å²) < 4.78 is 26.3. The lowest BCUT2D eigenvalue weighted by Crippen LogP contribution is -2.29.